The van der Waals surface area contributed by atoms with E-state index in [1.807, 2.05) is 4.90 Å². The topological polar surface area (TPSA) is 85.4 Å². The number of amides is 1. The van der Waals surface area contributed by atoms with Crippen LogP contribution in [0.3, 0.4) is 0 Å². The van der Waals surface area contributed by atoms with E-state index < -0.39 is 10.1 Å². The molecule has 2 aromatic carbocycles. The Kier molecular flexibility index (Phi) is 6.16. The van der Waals surface area contributed by atoms with Gasteiger partial charge in [-0.2, -0.15) is 8.42 Å². The number of fused-ring (bicyclic) bond motifs is 1. The SMILES string of the molecule is O=C(c1cccc(OS(=O)(=O)c2ccc3c(c2)OCCO3)c1)N1CCCN(CC2CC2)CC1. The average molecular weight is 473 g/mol. The van der Waals surface area contributed by atoms with Crippen molar-refractivity contribution in [3.63, 3.8) is 0 Å². The van der Waals surface area contributed by atoms with Crippen molar-refractivity contribution in [1.82, 2.24) is 9.80 Å². The summed E-state index contributed by atoms with van der Waals surface area (Å²) in [6, 6.07) is 10.7. The normalized spacial score (nSPS) is 19.1. The first-order valence-corrected chi connectivity index (χ1v) is 12.8. The Labute approximate surface area is 194 Å². The molecule has 2 aliphatic heterocycles. The van der Waals surface area contributed by atoms with Crippen LogP contribution in [-0.2, 0) is 10.1 Å². The molecule has 0 N–H and O–H groups in total. The van der Waals surface area contributed by atoms with Crippen LogP contribution in [0.2, 0.25) is 0 Å². The molecule has 0 spiro atoms. The standard InChI is InChI=1S/C24H28N2O6S/c27-24(26-10-2-9-25(11-12-26)17-18-5-6-18)19-3-1-4-20(15-19)32-33(28,29)21-7-8-22-23(16-21)31-14-13-30-22/h1,3-4,7-8,15-16,18H,2,5-6,9-14,17H2. The Morgan fingerprint density at radius 2 is 1.79 bits per heavy atom. The molecule has 0 aromatic heterocycles. The van der Waals surface area contributed by atoms with E-state index >= 15 is 0 Å². The lowest BCUT2D eigenvalue weighted by Crippen LogP contribution is -2.35. The molecule has 1 aliphatic carbocycles. The van der Waals surface area contributed by atoms with Crippen molar-refractivity contribution in [2.45, 2.75) is 24.2 Å². The van der Waals surface area contributed by atoms with Gasteiger partial charge < -0.3 is 23.5 Å². The van der Waals surface area contributed by atoms with Gasteiger partial charge in [-0.1, -0.05) is 6.07 Å². The minimum absolute atomic E-state index is 0.0354. The molecule has 176 valence electrons. The van der Waals surface area contributed by atoms with Gasteiger partial charge in [0, 0.05) is 37.8 Å². The van der Waals surface area contributed by atoms with E-state index in [1.54, 1.807) is 18.2 Å². The average Bonchev–Trinajstić information content (AvgIpc) is 3.66. The van der Waals surface area contributed by atoms with Gasteiger partial charge in [0.2, 0.25) is 0 Å². The third-order valence-electron chi connectivity index (χ3n) is 6.18. The summed E-state index contributed by atoms with van der Waals surface area (Å²) in [7, 11) is -4.10. The van der Waals surface area contributed by atoms with E-state index in [-0.39, 0.29) is 16.6 Å². The molecule has 0 atom stereocenters. The van der Waals surface area contributed by atoms with E-state index in [1.165, 1.54) is 37.1 Å². The predicted molar refractivity (Wildman–Crippen MR) is 121 cm³/mol. The summed E-state index contributed by atoms with van der Waals surface area (Å²) in [5.41, 5.74) is 0.417. The quantitative estimate of drug-likeness (QED) is 0.598. The Morgan fingerprint density at radius 1 is 0.970 bits per heavy atom. The molecule has 33 heavy (non-hydrogen) atoms. The highest BCUT2D eigenvalue weighted by Crippen LogP contribution is 2.33. The highest BCUT2D eigenvalue weighted by atomic mass is 32.2. The van der Waals surface area contributed by atoms with Crippen molar-refractivity contribution in [3.8, 4) is 17.2 Å². The first-order chi connectivity index (χ1) is 16.0. The number of hydrogen-bond donors (Lipinski definition) is 0. The van der Waals surface area contributed by atoms with E-state index in [0.717, 1.165) is 32.0 Å². The van der Waals surface area contributed by atoms with E-state index in [0.29, 0.717) is 43.4 Å². The summed E-state index contributed by atoms with van der Waals surface area (Å²) in [4.78, 5) is 17.4. The molecule has 1 amide bonds. The highest BCUT2D eigenvalue weighted by molar-refractivity contribution is 7.87. The second kappa shape index (κ2) is 9.23. The van der Waals surface area contributed by atoms with Crippen LogP contribution in [-0.4, -0.2) is 70.1 Å². The van der Waals surface area contributed by atoms with Crippen molar-refractivity contribution >= 4 is 16.0 Å². The van der Waals surface area contributed by atoms with Gasteiger partial charge in [-0.15, -0.1) is 0 Å². The van der Waals surface area contributed by atoms with Crippen molar-refractivity contribution in [3.05, 3.63) is 48.0 Å². The number of carbonyl (C=O) groups is 1. The Bertz CT molecular complexity index is 1130. The predicted octanol–water partition coefficient (Wildman–Crippen LogP) is 2.78. The van der Waals surface area contributed by atoms with Gasteiger partial charge in [0.15, 0.2) is 11.5 Å². The summed E-state index contributed by atoms with van der Waals surface area (Å²) in [5.74, 6) is 1.69. The lowest BCUT2D eigenvalue weighted by Gasteiger charge is -2.22. The number of nitrogens with zero attached hydrogens (tertiary/aromatic N) is 2. The Hall–Kier alpha value is -2.78. The Morgan fingerprint density at radius 3 is 2.61 bits per heavy atom. The molecule has 0 unspecified atom stereocenters. The van der Waals surface area contributed by atoms with Gasteiger partial charge in [0.25, 0.3) is 5.91 Å². The molecule has 0 radical (unpaired) electrons. The van der Waals surface area contributed by atoms with Crippen LogP contribution in [0.25, 0.3) is 0 Å². The summed E-state index contributed by atoms with van der Waals surface area (Å²) in [5, 5.41) is 0. The van der Waals surface area contributed by atoms with Gasteiger partial charge >= 0.3 is 10.1 Å². The lowest BCUT2D eigenvalue weighted by atomic mass is 10.2. The van der Waals surface area contributed by atoms with Crippen molar-refractivity contribution in [2.24, 2.45) is 5.92 Å². The van der Waals surface area contributed by atoms with Crippen LogP contribution >= 0.6 is 0 Å². The van der Waals surface area contributed by atoms with Gasteiger partial charge in [-0.25, -0.2) is 0 Å². The second-order valence-electron chi connectivity index (χ2n) is 8.76. The molecule has 3 aliphatic rings. The molecular weight excluding hydrogens is 444 g/mol. The minimum atomic E-state index is -4.10. The van der Waals surface area contributed by atoms with Crippen LogP contribution in [0.4, 0.5) is 0 Å². The molecule has 8 nitrogen and oxygen atoms in total. The fourth-order valence-corrected chi connectivity index (χ4v) is 5.18. The molecule has 2 aromatic rings. The maximum Gasteiger partial charge on any atom is 0.339 e. The van der Waals surface area contributed by atoms with Crippen LogP contribution in [0.5, 0.6) is 17.2 Å². The molecule has 0 bridgehead atoms. The number of rotatable bonds is 6. The molecule has 1 saturated heterocycles. The summed E-state index contributed by atoms with van der Waals surface area (Å²) >= 11 is 0. The highest BCUT2D eigenvalue weighted by Gasteiger charge is 2.27. The van der Waals surface area contributed by atoms with Gasteiger partial charge in [-0.05, 0) is 62.1 Å². The molecule has 2 fully saturated rings. The minimum Gasteiger partial charge on any atom is -0.486 e. The van der Waals surface area contributed by atoms with Crippen LogP contribution < -0.4 is 13.7 Å². The number of benzene rings is 2. The monoisotopic (exact) mass is 472 g/mol. The maximum atomic E-state index is 13.1. The number of ether oxygens (including phenoxy) is 2. The van der Waals surface area contributed by atoms with Crippen molar-refractivity contribution in [2.75, 3.05) is 45.9 Å². The number of hydrogen-bond acceptors (Lipinski definition) is 7. The molecule has 2 heterocycles. The molecule has 9 heteroatoms. The van der Waals surface area contributed by atoms with Crippen LogP contribution in [0.15, 0.2) is 47.4 Å². The first kappa shape index (κ1) is 22.0. The third kappa shape index (κ3) is 5.25. The summed E-state index contributed by atoms with van der Waals surface area (Å²) < 4.78 is 41.9. The van der Waals surface area contributed by atoms with E-state index in [4.69, 9.17) is 13.7 Å². The molecular formula is C24H28N2O6S. The zero-order valence-corrected chi connectivity index (χ0v) is 19.3. The first-order valence-electron chi connectivity index (χ1n) is 11.4. The zero-order valence-electron chi connectivity index (χ0n) is 18.4. The van der Waals surface area contributed by atoms with Crippen LogP contribution in [0.1, 0.15) is 29.6 Å². The summed E-state index contributed by atoms with van der Waals surface area (Å²) in [6.45, 7) is 5.16. The lowest BCUT2D eigenvalue weighted by molar-refractivity contribution is 0.0761. The Balaban J connectivity index is 1.27. The smallest absolute Gasteiger partial charge is 0.339 e. The van der Waals surface area contributed by atoms with Crippen molar-refractivity contribution < 1.29 is 26.9 Å². The largest absolute Gasteiger partial charge is 0.486 e. The third-order valence-corrected chi connectivity index (χ3v) is 7.42. The van der Waals surface area contributed by atoms with E-state index in [9.17, 15) is 13.2 Å². The van der Waals surface area contributed by atoms with E-state index in [2.05, 4.69) is 4.90 Å². The summed E-state index contributed by atoms with van der Waals surface area (Å²) in [6.07, 6.45) is 3.58. The van der Waals surface area contributed by atoms with Gasteiger partial charge in [-0.3, -0.25) is 4.79 Å². The second-order valence-corrected chi connectivity index (χ2v) is 10.3. The van der Waals surface area contributed by atoms with Crippen molar-refractivity contribution in [1.29, 1.82) is 0 Å². The molecule has 1 saturated carbocycles. The van der Waals surface area contributed by atoms with Gasteiger partial charge in [0.1, 0.15) is 23.9 Å². The zero-order chi connectivity index (χ0) is 22.8. The fraction of sp³-hybridized carbons (Fsp3) is 0.458. The number of carbonyl (C=O) groups excluding carboxylic acids is 1. The van der Waals surface area contributed by atoms with Crippen LogP contribution in [0, 0.1) is 5.92 Å². The molecule has 5 rings (SSSR count). The fourth-order valence-electron chi connectivity index (χ4n) is 4.24. The maximum absolute atomic E-state index is 13.1. The van der Waals surface area contributed by atoms with Gasteiger partial charge in [0.05, 0.1) is 0 Å².